The van der Waals surface area contributed by atoms with Crippen LogP contribution >= 0.6 is 0 Å². The van der Waals surface area contributed by atoms with E-state index >= 15 is 0 Å². The van der Waals surface area contributed by atoms with Crippen LogP contribution in [0.25, 0.3) is 0 Å². The van der Waals surface area contributed by atoms with Gasteiger partial charge in [0.25, 0.3) is 0 Å². The monoisotopic (exact) mass is 158 g/mol. The fraction of sp³-hybridized carbons (Fsp3) is 1.00. The van der Waals surface area contributed by atoms with Crippen LogP contribution in [0.15, 0.2) is 0 Å². The van der Waals surface area contributed by atoms with E-state index in [1.165, 1.54) is 0 Å². The minimum absolute atomic E-state index is 0.127. The Morgan fingerprint density at radius 3 is 2.91 bits per heavy atom. The molecule has 2 rings (SSSR count). The minimum atomic E-state index is -0.176. The van der Waals surface area contributed by atoms with E-state index in [2.05, 4.69) is 0 Å². The lowest BCUT2D eigenvalue weighted by Gasteiger charge is -2.34. The van der Waals surface area contributed by atoms with E-state index in [9.17, 15) is 5.11 Å². The van der Waals surface area contributed by atoms with E-state index in [-0.39, 0.29) is 11.7 Å². The summed E-state index contributed by atoms with van der Waals surface area (Å²) in [6.45, 7) is 2.14. The Hall–Kier alpha value is -0.120. The van der Waals surface area contributed by atoms with Crippen LogP contribution in [0, 0.1) is 0 Å². The van der Waals surface area contributed by atoms with Crippen LogP contribution < -0.4 is 0 Å². The molecular weight excluding hydrogens is 144 g/mol. The lowest BCUT2D eigenvalue weighted by molar-refractivity contribution is -0.117. The molecule has 2 heterocycles. The van der Waals surface area contributed by atoms with Gasteiger partial charge in [0.15, 0.2) is 0 Å². The maximum atomic E-state index is 9.40. The normalized spacial score (nSPS) is 45.0. The SMILES string of the molecule is O[C@H]1CCO[C@@]2(CCOC2)C1. The molecule has 1 spiro atoms. The third-order valence-electron chi connectivity index (χ3n) is 2.53. The molecule has 0 aromatic rings. The Labute approximate surface area is 66.3 Å². The van der Waals surface area contributed by atoms with Gasteiger partial charge in [-0.15, -0.1) is 0 Å². The van der Waals surface area contributed by atoms with Crippen LogP contribution in [0.3, 0.4) is 0 Å². The van der Waals surface area contributed by atoms with Crippen molar-refractivity contribution in [3.8, 4) is 0 Å². The molecule has 0 aromatic heterocycles. The number of hydrogen-bond acceptors (Lipinski definition) is 3. The van der Waals surface area contributed by atoms with Crippen molar-refractivity contribution in [2.75, 3.05) is 19.8 Å². The second-order valence-electron chi connectivity index (χ2n) is 3.48. The van der Waals surface area contributed by atoms with Gasteiger partial charge in [0, 0.05) is 26.1 Å². The van der Waals surface area contributed by atoms with Crippen molar-refractivity contribution in [2.24, 2.45) is 0 Å². The molecule has 64 valence electrons. The Bertz CT molecular complexity index is 140. The first-order valence-electron chi connectivity index (χ1n) is 4.21. The number of ether oxygens (including phenoxy) is 2. The van der Waals surface area contributed by atoms with Crippen molar-refractivity contribution in [1.82, 2.24) is 0 Å². The molecule has 0 amide bonds. The highest BCUT2D eigenvalue weighted by molar-refractivity contribution is 4.90. The highest BCUT2D eigenvalue weighted by Crippen LogP contribution is 2.32. The second kappa shape index (κ2) is 2.73. The average Bonchev–Trinajstić information content (AvgIpc) is 2.37. The van der Waals surface area contributed by atoms with E-state index < -0.39 is 0 Å². The van der Waals surface area contributed by atoms with Crippen LogP contribution in [0.5, 0.6) is 0 Å². The molecule has 0 saturated carbocycles. The van der Waals surface area contributed by atoms with E-state index in [1.54, 1.807) is 0 Å². The highest BCUT2D eigenvalue weighted by Gasteiger charge is 2.40. The predicted molar refractivity (Wildman–Crippen MR) is 39.4 cm³/mol. The number of aliphatic hydroxyl groups excluding tert-OH is 1. The maximum absolute atomic E-state index is 9.40. The first kappa shape index (κ1) is 7.53. The van der Waals surface area contributed by atoms with Gasteiger partial charge in [-0.25, -0.2) is 0 Å². The maximum Gasteiger partial charge on any atom is 0.0961 e. The molecule has 2 saturated heterocycles. The van der Waals surface area contributed by atoms with Gasteiger partial charge in [-0.3, -0.25) is 0 Å². The van der Waals surface area contributed by atoms with E-state index in [0.29, 0.717) is 13.2 Å². The van der Waals surface area contributed by atoms with Gasteiger partial charge in [0.2, 0.25) is 0 Å². The van der Waals surface area contributed by atoms with E-state index in [0.717, 1.165) is 25.9 Å². The van der Waals surface area contributed by atoms with Crippen molar-refractivity contribution < 1.29 is 14.6 Å². The Kier molecular flexibility index (Phi) is 1.87. The molecule has 3 heteroatoms. The third-order valence-corrected chi connectivity index (χ3v) is 2.53. The molecule has 0 aliphatic carbocycles. The van der Waals surface area contributed by atoms with Crippen LogP contribution in [-0.4, -0.2) is 36.6 Å². The fourth-order valence-corrected chi connectivity index (χ4v) is 1.87. The Balaban J connectivity index is 2.00. The molecule has 3 nitrogen and oxygen atoms in total. The molecule has 0 unspecified atom stereocenters. The summed E-state index contributed by atoms with van der Waals surface area (Å²) < 4.78 is 10.9. The summed E-state index contributed by atoms with van der Waals surface area (Å²) in [5.74, 6) is 0. The highest BCUT2D eigenvalue weighted by atomic mass is 16.6. The first-order valence-corrected chi connectivity index (χ1v) is 4.21. The van der Waals surface area contributed by atoms with Crippen molar-refractivity contribution in [2.45, 2.75) is 31.0 Å². The number of hydrogen-bond donors (Lipinski definition) is 1. The quantitative estimate of drug-likeness (QED) is 0.551. The number of rotatable bonds is 0. The van der Waals surface area contributed by atoms with Gasteiger partial charge < -0.3 is 14.6 Å². The minimum Gasteiger partial charge on any atom is -0.393 e. The Morgan fingerprint density at radius 1 is 1.36 bits per heavy atom. The Morgan fingerprint density at radius 2 is 2.27 bits per heavy atom. The zero-order chi connectivity index (χ0) is 7.73. The van der Waals surface area contributed by atoms with Crippen molar-refractivity contribution >= 4 is 0 Å². The summed E-state index contributed by atoms with van der Waals surface area (Å²) in [4.78, 5) is 0. The van der Waals surface area contributed by atoms with Crippen molar-refractivity contribution in [3.05, 3.63) is 0 Å². The van der Waals surface area contributed by atoms with Gasteiger partial charge in [0.1, 0.15) is 0 Å². The third kappa shape index (κ3) is 1.41. The van der Waals surface area contributed by atoms with Crippen LogP contribution in [-0.2, 0) is 9.47 Å². The molecule has 2 atom stereocenters. The van der Waals surface area contributed by atoms with Crippen molar-refractivity contribution in [3.63, 3.8) is 0 Å². The van der Waals surface area contributed by atoms with Gasteiger partial charge in [-0.05, 0) is 6.42 Å². The summed E-state index contributed by atoms with van der Waals surface area (Å²) in [5, 5.41) is 9.40. The fourth-order valence-electron chi connectivity index (χ4n) is 1.87. The number of aliphatic hydroxyl groups is 1. The summed E-state index contributed by atoms with van der Waals surface area (Å²) in [6, 6.07) is 0. The molecule has 0 radical (unpaired) electrons. The molecule has 11 heavy (non-hydrogen) atoms. The average molecular weight is 158 g/mol. The smallest absolute Gasteiger partial charge is 0.0961 e. The van der Waals surface area contributed by atoms with Crippen LogP contribution in [0.1, 0.15) is 19.3 Å². The summed E-state index contributed by atoms with van der Waals surface area (Å²) in [5.41, 5.74) is -0.127. The van der Waals surface area contributed by atoms with Gasteiger partial charge >= 0.3 is 0 Å². The first-order chi connectivity index (χ1) is 5.31. The van der Waals surface area contributed by atoms with Gasteiger partial charge in [0.05, 0.1) is 18.3 Å². The summed E-state index contributed by atoms with van der Waals surface area (Å²) >= 11 is 0. The summed E-state index contributed by atoms with van der Waals surface area (Å²) in [7, 11) is 0. The largest absolute Gasteiger partial charge is 0.393 e. The predicted octanol–water partition coefficient (Wildman–Crippen LogP) is 0.317. The molecular formula is C8H14O3. The van der Waals surface area contributed by atoms with E-state index in [4.69, 9.17) is 9.47 Å². The second-order valence-corrected chi connectivity index (χ2v) is 3.48. The molecule has 2 fully saturated rings. The molecule has 0 bridgehead atoms. The lowest BCUT2D eigenvalue weighted by Crippen LogP contribution is -2.42. The van der Waals surface area contributed by atoms with Gasteiger partial charge in [-0.2, -0.15) is 0 Å². The lowest BCUT2D eigenvalue weighted by atomic mass is 9.91. The summed E-state index contributed by atoms with van der Waals surface area (Å²) in [6.07, 6.45) is 2.31. The van der Waals surface area contributed by atoms with E-state index in [1.807, 2.05) is 0 Å². The molecule has 1 N–H and O–H groups in total. The van der Waals surface area contributed by atoms with Crippen molar-refractivity contribution in [1.29, 1.82) is 0 Å². The topological polar surface area (TPSA) is 38.7 Å². The van der Waals surface area contributed by atoms with Gasteiger partial charge in [-0.1, -0.05) is 0 Å². The zero-order valence-corrected chi connectivity index (χ0v) is 6.58. The van der Waals surface area contributed by atoms with Crippen LogP contribution in [0.4, 0.5) is 0 Å². The van der Waals surface area contributed by atoms with Crippen LogP contribution in [0.2, 0.25) is 0 Å². The molecule has 0 aromatic carbocycles. The standard InChI is InChI=1S/C8H14O3/c9-7-1-3-11-8(5-7)2-4-10-6-8/h7,9H,1-6H2/t7-,8-/m0/s1. The molecule has 2 aliphatic rings. The zero-order valence-electron chi connectivity index (χ0n) is 6.58. The molecule has 2 aliphatic heterocycles.